The van der Waals surface area contributed by atoms with Gasteiger partial charge < -0.3 is 11.1 Å². The minimum absolute atomic E-state index is 0.243. The van der Waals surface area contributed by atoms with Crippen LogP contribution < -0.4 is 11.1 Å². The van der Waals surface area contributed by atoms with Gasteiger partial charge in [0.05, 0.1) is 5.56 Å². The first kappa shape index (κ1) is 15.0. The number of halogens is 1. The predicted octanol–water partition coefficient (Wildman–Crippen LogP) is 3.74. The molecule has 1 aromatic carbocycles. The summed E-state index contributed by atoms with van der Waals surface area (Å²) in [4.78, 5) is 12.2. The van der Waals surface area contributed by atoms with Crippen LogP contribution in [-0.4, -0.2) is 5.91 Å². The number of nitrogens with one attached hydrogen (secondary N) is 1. The summed E-state index contributed by atoms with van der Waals surface area (Å²) in [5.74, 6) is -0.380. The van der Waals surface area contributed by atoms with Crippen molar-refractivity contribution < 1.29 is 4.79 Å². The SMILES string of the molecule is CCC(NCc1cc(C(N)=O)cs1)c1cccc(Cl)c1. The fourth-order valence-electron chi connectivity index (χ4n) is 2.05. The monoisotopic (exact) mass is 308 g/mol. The standard InChI is InChI=1S/C15H17ClN2OS/c1-2-14(10-4-3-5-12(16)6-10)18-8-13-7-11(9-20-13)15(17)19/h3-7,9,14,18H,2,8H2,1H3,(H2,17,19). The maximum Gasteiger partial charge on any atom is 0.249 e. The third-order valence-corrected chi connectivity index (χ3v) is 4.29. The van der Waals surface area contributed by atoms with Gasteiger partial charge in [-0.15, -0.1) is 11.3 Å². The zero-order valence-corrected chi connectivity index (χ0v) is 12.8. The summed E-state index contributed by atoms with van der Waals surface area (Å²) in [6.07, 6.45) is 0.967. The number of thiophene rings is 1. The van der Waals surface area contributed by atoms with Gasteiger partial charge in [-0.25, -0.2) is 0 Å². The van der Waals surface area contributed by atoms with Crippen LogP contribution in [0.3, 0.4) is 0 Å². The predicted molar refractivity (Wildman–Crippen MR) is 84.2 cm³/mol. The molecule has 1 aromatic heterocycles. The smallest absolute Gasteiger partial charge is 0.249 e. The third-order valence-electron chi connectivity index (χ3n) is 3.12. The van der Waals surface area contributed by atoms with Crippen molar-refractivity contribution in [2.75, 3.05) is 0 Å². The molecule has 0 fully saturated rings. The van der Waals surface area contributed by atoms with Crippen molar-refractivity contribution in [1.82, 2.24) is 5.32 Å². The molecule has 1 heterocycles. The van der Waals surface area contributed by atoms with Crippen molar-refractivity contribution in [2.24, 2.45) is 5.73 Å². The van der Waals surface area contributed by atoms with Crippen LogP contribution in [0.1, 0.15) is 40.2 Å². The third kappa shape index (κ3) is 3.82. The molecule has 0 saturated heterocycles. The molecule has 0 aliphatic rings. The number of primary amides is 1. The van der Waals surface area contributed by atoms with Gasteiger partial charge in [0.15, 0.2) is 0 Å². The lowest BCUT2D eigenvalue weighted by atomic mass is 10.0. The summed E-state index contributed by atoms with van der Waals surface area (Å²) in [5.41, 5.74) is 6.99. The molecule has 0 bridgehead atoms. The number of nitrogens with two attached hydrogens (primary N) is 1. The van der Waals surface area contributed by atoms with Gasteiger partial charge in [0.2, 0.25) is 5.91 Å². The molecule has 3 N–H and O–H groups in total. The van der Waals surface area contributed by atoms with Gasteiger partial charge in [0.1, 0.15) is 0 Å². The van der Waals surface area contributed by atoms with Gasteiger partial charge in [-0.3, -0.25) is 4.79 Å². The molecule has 2 aromatic rings. The van der Waals surface area contributed by atoms with Crippen LogP contribution in [-0.2, 0) is 6.54 Å². The molecule has 0 aliphatic carbocycles. The number of carbonyl (C=O) groups excluding carboxylic acids is 1. The first-order chi connectivity index (χ1) is 9.60. The average molecular weight is 309 g/mol. The summed E-state index contributed by atoms with van der Waals surface area (Å²) in [6, 6.07) is 9.95. The molecular weight excluding hydrogens is 292 g/mol. The van der Waals surface area contributed by atoms with Gasteiger partial charge in [-0.2, -0.15) is 0 Å². The molecule has 0 aliphatic heterocycles. The lowest BCUT2D eigenvalue weighted by Gasteiger charge is -2.17. The summed E-state index contributed by atoms with van der Waals surface area (Å²) in [6.45, 7) is 2.84. The molecular formula is C15H17ClN2OS. The summed E-state index contributed by atoms with van der Waals surface area (Å²) >= 11 is 7.56. The zero-order chi connectivity index (χ0) is 14.5. The Balaban J connectivity index is 2.01. The Kier molecular flexibility index (Phi) is 5.17. The van der Waals surface area contributed by atoms with Gasteiger partial charge in [-0.05, 0) is 30.2 Å². The lowest BCUT2D eigenvalue weighted by Crippen LogP contribution is -2.19. The van der Waals surface area contributed by atoms with E-state index in [1.807, 2.05) is 24.3 Å². The van der Waals surface area contributed by atoms with Crippen LogP contribution in [0.5, 0.6) is 0 Å². The molecule has 3 nitrogen and oxygen atoms in total. The Morgan fingerprint density at radius 3 is 2.85 bits per heavy atom. The van der Waals surface area contributed by atoms with E-state index in [-0.39, 0.29) is 11.9 Å². The number of rotatable bonds is 6. The topological polar surface area (TPSA) is 55.1 Å². The van der Waals surface area contributed by atoms with Gasteiger partial charge in [-0.1, -0.05) is 30.7 Å². The fourth-order valence-corrected chi connectivity index (χ4v) is 3.07. The van der Waals surface area contributed by atoms with Crippen molar-refractivity contribution in [1.29, 1.82) is 0 Å². The van der Waals surface area contributed by atoms with Crippen LogP contribution in [0, 0.1) is 0 Å². The number of carbonyl (C=O) groups is 1. The molecule has 1 amide bonds. The van der Waals surface area contributed by atoms with Crippen LogP contribution >= 0.6 is 22.9 Å². The van der Waals surface area contributed by atoms with E-state index in [1.54, 1.807) is 5.38 Å². The van der Waals surface area contributed by atoms with E-state index in [1.165, 1.54) is 16.9 Å². The normalized spacial score (nSPS) is 12.3. The molecule has 2 rings (SSSR count). The molecule has 0 saturated carbocycles. The van der Waals surface area contributed by atoms with Crippen molar-refractivity contribution in [3.8, 4) is 0 Å². The molecule has 20 heavy (non-hydrogen) atoms. The molecule has 0 radical (unpaired) electrons. The van der Waals surface area contributed by atoms with Gasteiger partial charge in [0, 0.05) is 27.9 Å². The highest BCUT2D eigenvalue weighted by atomic mass is 35.5. The van der Waals surface area contributed by atoms with Crippen molar-refractivity contribution in [3.63, 3.8) is 0 Å². The summed E-state index contributed by atoms with van der Waals surface area (Å²) < 4.78 is 0. The van der Waals surface area contributed by atoms with Crippen molar-refractivity contribution in [2.45, 2.75) is 25.9 Å². The first-order valence-electron chi connectivity index (χ1n) is 6.46. The van der Waals surface area contributed by atoms with Crippen LogP contribution in [0.25, 0.3) is 0 Å². The Hall–Kier alpha value is -1.36. The highest BCUT2D eigenvalue weighted by Crippen LogP contribution is 2.22. The Labute approximate surface area is 127 Å². The summed E-state index contributed by atoms with van der Waals surface area (Å²) in [7, 11) is 0. The second-order valence-corrected chi connectivity index (χ2v) is 5.99. The van der Waals surface area contributed by atoms with Crippen LogP contribution in [0.2, 0.25) is 5.02 Å². The number of amides is 1. The van der Waals surface area contributed by atoms with E-state index < -0.39 is 0 Å². The first-order valence-corrected chi connectivity index (χ1v) is 7.72. The van der Waals surface area contributed by atoms with E-state index in [4.69, 9.17) is 17.3 Å². The van der Waals surface area contributed by atoms with E-state index in [0.717, 1.165) is 16.3 Å². The average Bonchev–Trinajstić information content (AvgIpc) is 2.88. The Morgan fingerprint density at radius 1 is 1.45 bits per heavy atom. The second-order valence-electron chi connectivity index (χ2n) is 4.56. The van der Waals surface area contributed by atoms with E-state index in [9.17, 15) is 4.79 Å². The molecule has 1 unspecified atom stereocenters. The lowest BCUT2D eigenvalue weighted by molar-refractivity contribution is 0.100. The van der Waals surface area contributed by atoms with Gasteiger partial charge in [0.25, 0.3) is 0 Å². The fraction of sp³-hybridized carbons (Fsp3) is 0.267. The maximum absolute atomic E-state index is 11.1. The molecule has 106 valence electrons. The summed E-state index contributed by atoms with van der Waals surface area (Å²) in [5, 5.41) is 6.02. The number of hydrogen-bond acceptors (Lipinski definition) is 3. The quantitative estimate of drug-likeness (QED) is 0.854. The van der Waals surface area contributed by atoms with E-state index in [2.05, 4.69) is 18.3 Å². The minimum atomic E-state index is -0.380. The highest BCUT2D eigenvalue weighted by molar-refractivity contribution is 7.10. The molecule has 1 atom stereocenters. The number of hydrogen-bond donors (Lipinski definition) is 2. The number of benzene rings is 1. The maximum atomic E-state index is 11.1. The van der Waals surface area contributed by atoms with Crippen molar-refractivity contribution >= 4 is 28.8 Å². The second kappa shape index (κ2) is 6.88. The minimum Gasteiger partial charge on any atom is -0.366 e. The largest absolute Gasteiger partial charge is 0.366 e. The van der Waals surface area contributed by atoms with E-state index >= 15 is 0 Å². The van der Waals surface area contributed by atoms with E-state index in [0.29, 0.717) is 12.1 Å². The Morgan fingerprint density at radius 2 is 2.25 bits per heavy atom. The molecule has 0 spiro atoms. The van der Waals surface area contributed by atoms with Gasteiger partial charge >= 0.3 is 0 Å². The van der Waals surface area contributed by atoms with Crippen LogP contribution in [0.4, 0.5) is 0 Å². The van der Waals surface area contributed by atoms with Crippen molar-refractivity contribution in [3.05, 3.63) is 56.7 Å². The molecule has 5 heteroatoms. The highest BCUT2D eigenvalue weighted by Gasteiger charge is 2.10. The Bertz CT molecular complexity index is 597. The van der Waals surface area contributed by atoms with Crippen LogP contribution in [0.15, 0.2) is 35.7 Å². The zero-order valence-electron chi connectivity index (χ0n) is 11.2.